The van der Waals surface area contributed by atoms with Gasteiger partial charge in [-0.2, -0.15) is 0 Å². The Bertz CT molecular complexity index is 722. The van der Waals surface area contributed by atoms with Crippen LogP contribution in [0.15, 0.2) is 0 Å². The normalized spacial score (nSPS) is 48.7. The number of carboxylic acids is 1. The Kier molecular flexibility index (Phi) is 4.14. The highest BCUT2D eigenvalue weighted by molar-refractivity contribution is 5.86. The molecule has 0 aliphatic heterocycles. The van der Waals surface area contributed by atoms with Gasteiger partial charge in [0.1, 0.15) is 17.3 Å². The van der Waals surface area contributed by atoms with Crippen molar-refractivity contribution in [2.24, 2.45) is 41.2 Å². The Morgan fingerprint density at radius 3 is 2.14 bits per heavy atom. The highest BCUT2D eigenvalue weighted by Crippen LogP contribution is 2.62. The summed E-state index contributed by atoms with van der Waals surface area (Å²) in [6, 6.07) is 0. The summed E-state index contributed by atoms with van der Waals surface area (Å²) in [6.45, 7) is -0.607. The number of hydrogen-bond acceptors (Lipinski definition) is 7. The van der Waals surface area contributed by atoms with Crippen LogP contribution in [0.25, 0.3) is 0 Å². The number of nitrogens with two attached hydrogens (primary N) is 1. The minimum absolute atomic E-state index is 0.0812. The zero-order valence-corrected chi connectivity index (χ0v) is 16.1. The lowest BCUT2D eigenvalue weighted by atomic mass is 9.54. The quantitative estimate of drug-likeness (QED) is 0.520. The van der Waals surface area contributed by atoms with E-state index in [1.165, 1.54) is 19.3 Å². The molecule has 0 saturated heterocycles. The molecule has 6 saturated carbocycles. The third-order valence-electron chi connectivity index (χ3n) is 8.02. The van der Waals surface area contributed by atoms with Gasteiger partial charge in [-0.05, 0) is 68.6 Å². The van der Waals surface area contributed by atoms with E-state index in [9.17, 15) is 23.9 Å². The molecule has 0 aromatic heterocycles. The first kappa shape index (κ1) is 19.1. The lowest BCUT2D eigenvalue weighted by Crippen LogP contribution is -2.56. The van der Waals surface area contributed by atoms with Crippen LogP contribution in [0.3, 0.4) is 0 Å². The monoisotopic (exact) mass is 411 g/mol. The second kappa shape index (κ2) is 6.30. The van der Waals surface area contributed by atoms with Crippen molar-refractivity contribution in [3.8, 4) is 0 Å². The molecule has 0 spiro atoms. The van der Waals surface area contributed by atoms with Gasteiger partial charge in [-0.1, -0.05) is 0 Å². The molecule has 1 unspecified atom stereocenters. The standard InChI is InChI=1S/C20H26FNO7/c21-13-4-12-14(15(12)20(13,22)17(24)25)16(23)27-8-28-18(26)29-19-5-9-1-10(6-19)3-11(2-9)7-19/h9-15H,1-8,22H2,(H,24,25)/t9?,10?,11?,12?,13-,14-,15-,19?,20-/m0/s1. The van der Waals surface area contributed by atoms with Crippen molar-refractivity contribution in [3.63, 3.8) is 0 Å². The van der Waals surface area contributed by atoms with Gasteiger partial charge in [0.2, 0.25) is 6.79 Å². The van der Waals surface area contributed by atoms with Gasteiger partial charge in [0, 0.05) is 5.92 Å². The van der Waals surface area contributed by atoms with Crippen LogP contribution in [0.4, 0.5) is 9.18 Å². The summed E-state index contributed by atoms with van der Waals surface area (Å²) < 4.78 is 29.5. The van der Waals surface area contributed by atoms with E-state index < -0.39 is 60.0 Å². The summed E-state index contributed by atoms with van der Waals surface area (Å²) in [6.07, 6.45) is 3.66. The molecule has 0 aromatic carbocycles. The van der Waals surface area contributed by atoms with Crippen LogP contribution in [0, 0.1) is 35.5 Å². The number of hydrogen-bond donors (Lipinski definition) is 2. The lowest BCUT2D eigenvalue weighted by Gasteiger charge is -2.55. The number of carbonyl (C=O) groups is 3. The van der Waals surface area contributed by atoms with Gasteiger partial charge in [-0.15, -0.1) is 0 Å². The SMILES string of the molecule is N[C@@]1(C(=O)O)[C@@H](F)CC2[C@H](C(=O)OCOC(=O)OC34CC5CC(CC(C5)C3)C4)[C@H]21. The molecular formula is C20H26FNO7. The average molecular weight is 411 g/mol. The smallest absolute Gasteiger partial charge is 0.480 e. The Balaban J connectivity index is 1.10. The van der Waals surface area contributed by atoms with Crippen LogP contribution < -0.4 is 5.73 Å². The molecule has 8 nitrogen and oxygen atoms in total. The largest absolute Gasteiger partial charge is 0.511 e. The van der Waals surface area contributed by atoms with E-state index in [0.29, 0.717) is 17.8 Å². The fraction of sp³-hybridized carbons (Fsp3) is 0.850. The van der Waals surface area contributed by atoms with Gasteiger partial charge in [0.15, 0.2) is 0 Å². The van der Waals surface area contributed by atoms with Crippen molar-refractivity contribution in [1.82, 2.24) is 0 Å². The number of carbonyl (C=O) groups excluding carboxylic acids is 2. The van der Waals surface area contributed by atoms with Gasteiger partial charge < -0.3 is 25.1 Å². The molecule has 29 heavy (non-hydrogen) atoms. The van der Waals surface area contributed by atoms with Gasteiger partial charge in [-0.3, -0.25) is 9.59 Å². The zero-order chi connectivity index (χ0) is 20.6. The number of aliphatic carboxylic acids is 1. The van der Waals surface area contributed by atoms with Crippen molar-refractivity contribution >= 4 is 18.1 Å². The predicted octanol–water partition coefficient (Wildman–Crippen LogP) is 2.00. The first-order chi connectivity index (χ1) is 13.7. The van der Waals surface area contributed by atoms with Crippen LogP contribution >= 0.6 is 0 Å². The average Bonchev–Trinajstić information content (AvgIpc) is 3.26. The first-order valence-corrected chi connectivity index (χ1v) is 10.4. The molecule has 6 fully saturated rings. The Morgan fingerprint density at radius 2 is 1.59 bits per heavy atom. The van der Waals surface area contributed by atoms with Crippen LogP contribution in [-0.4, -0.2) is 47.3 Å². The van der Waals surface area contributed by atoms with E-state index in [0.717, 1.165) is 19.3 Å². The van der Waals surface area contributed by atoms with Gasteiger partial charge in [0.05, 0.1) is 5.92 Å². The number of halogens is 1. The molecule has 0 amide bonds. The van der Waals surface area contributed by atoms with Crippen molar-refractivity contribution in [2.45, 2.75) is 62.3 Å². The van der Waals surface area contributed by atoms with E-state index in [1.54, 1.807) is 0 Å². The van der Waals surface area contributed by atoms with Gasteiger partial charge in [-0.25, -0.2) is 9.18 Å². The molecule has 0 radical (unpaired) electrons. The minimum atomic E-state index is -2.06. The first-order valence-electron chi connectivity index (χ1n) is 10.4. The summed E-state index contributed by atoms with van der Waals surface area (Å²) in [5, 5.41) is 9.23. The lowest BCUT2D eigenvalue weighted by molar-refractivity contribution is -0.166. The van der Waals surface area contributed by atoms with E-state index in [1.807, 2.05) is 0 Å². The molecule has 4 bridgehead atoms. The van der Waals surface area contributed by atoms with Crippen molar-refractivity contribution in [3.05, 3.63) is 0 Å². The fourth-order valence-electron chi connectivity index (χ4n) is 7.15. The molecule has 6 aliphatic rings. The Hall–Kier alpha value is -1.90. The third kappa shape index (κ3) is 2.92. The van der Waals surface area contributed by atoms with Crippen LogP contribution in [0.1, 0.15) is 44.9 Å². The molecule has 6 rings (SSSR count). The summed E-state index contributed by atoms with van der Waals surface area (Å²) in [4.78, 5) is 35.7. The van der Waals surface area contributed by atoms with Crippen LogP contribution in [0.2, 0.25) is 0 Å². The van der Waals surface area contributed by atoms with Crippen molar-refractivity contribution < 1.29 is 38.1 Å². The summed E-state index contributed by atoms with van der Waals surface area (Å²) >= 11 is 0. The topological polar surface area (TPSA) is 125 Å². The predicted molar refractivity (Wildman–Crippen MR) is 94.0 cm³/mol. The molecular weight excluding hydrogens is 385 g/mol. The van der Waals surface area contributed by atoms with Crippen LogP contribution in [-0.2, 0) is 23.8 Å². The molecule has 3 N–H and O–H groups in total. The molecule has 160 valence electrons. The zero-order valence-electron chi connectivity index (χ0n) is 16.1. The third-order valence-corrected chi connectivity index (χ3v) is 8.02. The number of rotatable bonds is 5. The Morgan fingerprint density at radius 1 is 1.00 bits per heavy atom. The number of ether oxygens (including phenoxy) is 3. The number of esters is 1. The number of fused-ring (bicyclic) bond motifs is 1. The van der Waals surface area contributed by atoms with Gasteiger partial charge >= 0.3 is 18.1 Å². The molecule has 6 aliphatic carbocycles. The van der Waals surface area contributed by atoms with E-state index in [4.69, 9.17) is 19.9 Å². The van der Waals surface area contributed by atoms with E-state index >= 15 is 0 Å². The Labute approximate surface area is 167 Å². The maximum atomic E-state index is 13.9. The molecule has 9 heteroatoms. The summed E-state index contributed by atoms with van der Waals surface area (Å²) in [5.74, 6) is -2.33. The maximum Gasteiger partial charge on any atom is 0.511 e. The second-order valence-corrected chi connectivity index (χ2v) is 9.84. The summed E-state index contributed by atoms with van der Waals surface area (Å²) in [5.41, 5.74) is 3.21. The molecule has 0 aromatic rings. The van der Waals surface area contributed by atoms with Gasteiger partial charge in [0.25, 0.3) is 0 Å². The van der Waals surface area contributed by atoms with Crippen LogP contribution in [0.5, 0.6) is 0 Å². The minimum Gasteiger partial charge on any atom is -0.480 e. The second-order valence-electron chi connectivity index (χ2n) is 9.84. The van der Waals surface area contributed by atoms with Crippen molar-refractivity contribution in [1.29, 1.82) is 0 Å². The van der Waals surface area contributed by atoms with E-state index in [2.05, 4.69) is 0 Å². The van der Waals surface area contributed by atoms with E-state index in [-0.39, 0.29) is 6.42 Å². The maximum absolute atomic E-state index is 13.9. The highest BCUT2D eigenvalue weighted by Gasteiger charge is 2.74. The summed E-state index contributed by atoms with van der Waals surface area (Å²) in [7, 11) is 0. The molecule has 0 heterocycles. The highest BCUT2D eigenvalue weighted by atomic mass is 19.1. The number of alkyl halides is 1. The fourth-order valence-corrected chi connectivity index (χ4v) is 7.15. The molecule has 5 atom stereocenters. The number of carboxylic acid groups (broad SMARTS) is 1. The van der Waals surface area contributed by atoms with Crippen molar-refractivity contribution in [2.75, 3.05) is 6.79 Å².